The van der Waals surface area contributed by atoms with Gasteiger partial charge in [0, 0.05) is 5.56 Å². The minimum atomic E-state index is -1.13. The van der Waals surface area contributed by atoms with Crippen molar-refractivity contribution in [2.75, 3.05) is 4.90 Å². The van der Waals surface area contributed by atoms with Gasteiger partial charge in [-0.25, -0.2) is 9.59 Å². The van der Waals surface area contributed by atoms with Crippen LogP contribution in [0.3, 0.4) is 0 Å². The normalized spacial score (nSPS) is 12.7. The first kappa shape index (κ1) is 13.0. The van der Waals surface area contributed by atoms with Gasteiger partial charge in [0.15, 0.2) is 5.75 Å². The number of anilines is 1. The van der Waals surface area contributed by atoms with Gasteiger partial charge in [0.1, 0.15) is 5.75 Å². The molecule has 2 aromatic carbocycles. The second-order valence-electron chi connectivity index (χ2n) is 4.57. The van der Waals surface area contributed by atoms with Crippen molar-refractivity contribution in [3.8, 4) is 11.5 Å². The Hall–Kier alpha value is -3.02. The van der Waals surface area contributed by atoms with Crippen LogP contribution in [-0.2, 0) is 6.54 Å². The molecular weight excluding hydrogens is 274 g/mol. The number of rotatable bonds is 1. The minimum absolute atomic E-state index is 0.0402. The first-order valence-electron chi connectivity index (χ1n) is 6.20. The monoisotopic (exact) mass is 285 g/mol. The molecule has 106 valence electrons. The Morgan fingerprint density at radius 3 is 2.52 bits per heavy atom. The number of aromatic carboxylic acids is 1. The maximum atomic E-state index is 11.5. The highest BCUT2D eigenvalue weighted by Crippen LogP contribution is 2.39. The lowest BCUT2D eigenvalue weighted by Crippen LogP contribution is -2.27. The fourth-order valence-corrected chi connectivity index (χ4v) is 2.23. The van der Waals surface area contributed by atoms with Crippen molar-refractivity contribution < 1.29 is 24.5 Å². The summed E-state index contributed by atoms with van der Waals surface area (Å²) in [7, 11) is 0. The van der Waals surface area contributed by atoms with Crippen molar-refractivity contribution in [3.63, 3.8) is 0 Å². The van der Waals surface area contributed by atoms with E-state index in [0.29, 0.717) is 17.0 Å². The minimum Gasteiger partial charge on any atom is -0.478 e. The number of carboxylic acids is 1. The largest absolute Gasteiger partial charge is 0.478 e. The van der Waals surface area contributed by atoms with Crippen LogP contribution >= 0.6 is 0 Å². The van der Waals surface area contributed by atoms with E-state index in [0.717, 1.165) is 4.90 Å². The number of nitrogens with zero attached hydrogens (tertiary/aromatic N) is 1. The zero-order chi connectivity index (χ0) is 15.0. The third kappa shape index (κ3) is 2.27. The van der Waals surface area contributed by atoms with Crippen LogP contribution < -0.4 is 9.64 Å². The van der Waals surface area contributed by atoms with E-state index in [1.54, 1.807) is 24.3 Å². The summed E-state index contributed by atoms with van der Waals surface area (Å²) in [5, 5.41) is 18.4. The fourth-order valence-electron chi connectivity index (χ4n) is 2.23. The van der Waals surface area contributed by atoms with E-state index in [1.807, 2.05) is 0 Å². The van der Waals surface area contributed by atoms with Crippen molar-refractivity contribution in [3.05, 3.63) is 53.6 Å². The molecule has 0 aliphatic carbocycles. The Morgan fingerprint density at radius 2 is 1.81 bits per heavy atom. The molecule has 0 spiro atoms. The van der Waals surface area contributed by atoms with Crippen molar-refractivity contribution in [1.82, 2.24) is 0 Å². The average molecular weight is 285 g/mol. The third-order valence-corrected chi connectivity index (χ3v) is 3.25. The van der Waals surface area contributed by atoms with E-state index in [1.165, 1.54) is 18.2 Å². The van der Waals surface area contributed by atoms with Crippen molar-refractivity contribution >= 4 is 17.7 Å². The molecule has 0 radical (unpaired) electrons. The number of benzene rings is 2. The number of fused-ring (bicyclic) bond motifs is 2. The van der Waals surface area contributed by atoms with Gasteiger partial charge in [-0.2, -0.15) is 0 Å². The van der Waals surface area contributed by atoms with Gasteiger partial charge < -0.3 is 14.9 Å². The predicted octanol–water partition coefficient (Wildman–Crippen LogP) is 3.18. The number of hydrogen-bond donors (Lipinski definition) is 2. The Labute approximate surface area is 119 Å². The molecule has 0 atom stereocenters. The lowest BCUT2D eigenvalue weighted by atomic mass is 10.1. The Bertz CT molecular complexity index is 741. The molecule has 0 fully saturated rings. The first-order valence-corrected chi connectivity index (χ1v) is 6.20. The highest BCUT2D eigenvalue weighted by atomic mass is 16.5. The van der Waals surface area contributed by atoms with E-state index in [2.05, 4.69) is 0 Å². The highest BCUT2D eigenvalue weighted by Gasteiger charge is 2.25. The molecule has 0 aromatic heterocycles. The van der Waals surface area contributed by atoms with Gasteiger partial charge in [0.2, 0.25) is 0 Å². The SMILES string of the molecule is O=C(O)c1ccc2c(c1)Oc1ccccc1CN2C(=O)O. The topological polar surface area (TPSA) is 87.1 Å². The standard InChI is InChI=1S/C15H11NO5/c17-14(18)9-5-6-11-13(7-9)21-12-4-2-1-3-10(12)8-16(11)15(19)20/h1-7H,8H2,(H,17,18)(H,19,20). The van der Waals surface area contributed by atoms with Crippen LogP contribution in [0.4, 0.5) is 10.5 Å². The number of carbonyl (C=O) groups is 2. The molecular formula is C15H11NO5. The second-order valence-corrected chi connectivity index (χ2v) is 4.57. The summed E-state index contributed by atoms with van der Waals surface area (Å²) in [4.78, 5) is 23.6. The molecule has 6 nitrogen and oxygen atoms in total. The van der Waals surface area contributed by atoms with Crippen LogP contribution in [0.1, 0.15) is 15.9 Å². The van der Waals surface area contributed by atoms with Gasteiger partial charge in [0.05, 0.1) is 17.8 Å². The van der Waals surface area contributed by atoms with Gasteiger partial charge in [-0.15, -0.1) is 0 Å². The van der Waals surface area contributed by atoms with E-state index in [-0.39, 0.29) is 17.9 Å². The maximum absolute atomic E-state index is 11.5. The Morgan fingerprint density at radius 1 is 1.05 bits per heavy atom. The summed E-state index contributed by atoms with van der Waals surface area (Å²) < 4.78 is 5.71. The Kier molecular flexibility index (Phi) is 2.98. The number of hydrogen-bond acceptors (Lipinski definition) is 3. The van der Waals surface area contributed by atoms with Crippen molar-refractivity contribution in [1.29, 1.82) is 0 Å². The summed E-state index contributed by atoms with van der Waals surface area (Å²) in [6.07, 6.45) is -1.13. The van der Waals surface area contributed by atoms with Crippen molar-refractivity contribution in [2.24, 2.45) is 0 Å². The van der Waals surface area contributed by atoms with E-state index >= 15 is 0 Å². The van der Waals surface area contributed by atoms with Crippen LogP contribution in [-0.4, -0.2) is 22.3 Å². The van der Waals surface area contributed by atoms with Gasteiger partial charge in [0.25, 0.3) is 0 Å². The zero-order valence-corrected chi connectivity index (χ0v) is 10.8. The van der Waals surface area contributed by atoms with Crippen LogP contribution in [0.2, 0.25) is 0 Å². The maximum Gasteiger partial charge on any atom is 0.412 e. The van der Waals surface area contributed by atoms with Gasteiger partial charge in [-0.3, -0.25) is 4.90 Å². The molecule has 0 bridgehead atoms. The number of amides is 1. The number of para-hydroxylation sites is 1. The molecule has 1 aliphatic rings. The molecule has 2 N–H and O–H groups in total. The summed E-state index contributed by atoms with van der Waals surface area (Å²) in [5.41, 5.74) is 1.08. The van der Waals surface area contributed by atoms with Crippen LogP contribution in [0.25, 0.3) is 0 Å². The fraction of sp³-hybridized carbons (Fsp3) is 0.0667. The number of ether oxygens (including phenoxy) is 1. The third-order valence-electron chi connectivity index (χ3n) is 3.25. The van der Waals surface area contributed by atoms with Gasteiger partial charge in [-0.1, -0.05) is 18.2 Å². The van der Waals surface area contributed by atoms with Gasteiger partial charge in [-0.05, 0) is 24.3 Å². The quantitative estimate of drug-likeness (QED) is 0.840. The first-order chi connectivity index (χ1) is 10.1. The summed E-state index contributed by atoms with van der Waals surface area (Å²) in [5.74, 6) is -0.368. The van der Waals surface area contributed by atoms with Crippen molar-refractivity contribution in [2.45, 2.75) is 6.54 Å². The van der Waals surface area contributed by atoms with E-state index in [4.69, 9.17) is 9.84 Å². The zero-order valence-electron chi connectivity index (χ0n) is 10.8. The Balaban J connectivity index is 2.18. The van der Waals surface area contributed by atoms with Gasteiger partial charge >= 0.3 is 12.1 Å². The van der Waals surface area contributed by atoms with Crippen LogP contribution in [0.5, 0.6) is 11.5 Å². The highest BCUT2D eigenvalue weighted by molar-refractivity contribution is 5.93. The molecule has 21 heavy (non-hydrogen) atoms. The lowest BCUT2D eigenvalue weighted by Gasteiger charge is -2.18. The average Bonchev–Trinajstić information content (AvgIpc) is 2.62. The van der Waals surface area contributed by atoms with Crippen LogP contribution in [0.15, 0.2) is 42.5 Å². The molecule has 3 rings (SSSR count). The molecule has 2 aromatic rings. The second kappa shape index (κ2) is 4.82. The van der Waals surface area contributed by atoms with E-state index < -0.39 is 12.1 Å². The van der Waals surface area contributed by atoms with E-state index in [9.17, 15) is 14.7 Å². The molecule has 1 amide bonds. The molecule has 1 aliphatic heterocycles. The lowest BCUT2D eigenvalue weighted by molar-refractivity contribution is 0.0696. The molecule has 6 heteroatoms. The molecule has 1 heterocycles. The summed E-state index contributed by atoms with van der Waals surface area (Å²) >= 11 is 0. The molecule has 0 saturated heterocycles. The summed E-state index contributed by atoms with van der Waals surface area (Å²) in [6.45, 7) is 0.144. The molecule has 0 unspecified atom stereocenters. The molecule has 0 saturated carbocycles. The number of carboxylic acid groups (broad SMARTS) is 2. The predicted molar refractivity (Wildman–Crippen MR) is 74.1 cm³/mol. The summed E-state index contributed by atoms with van der Waals surface area (Å²) in [6, 6.07) is 11.2. The van der Waals surface area contributed by atoms with Crippen LogP contribution in [0, 0.1) is 0 Å². The smallest absolute Gasteiger partial charge is 0.412 e.